The van der Waals surface area contributed by atoms with Crippen molar-refractivity contribution in [3.05, 3.63) is 30.1 Å². The van der Waals surface area contributed by atoms with Crippen LogP contribution in [0.5, 0.6) is 0 Å². The van der Waals surface area contributed by atoms with E-state index >= 15 is 0 Å². The minimum Gasteiger partial charge on any atom is -0.294 e. The summed E-state index contributed by atoms with van der Waals surface area (Å²) in [6.45, 7) is 3.66. The fraction of sp³-hybridized carbons (Fsp3) is 0.364. The molecule has 1 heterocycles. The summed E-state index contributed by atoms with van der Waals surface area (Å²) < 4.78 is 0. The van der Waals surface area contributed by atoms with E-state index in [4.69, 9.17) is 0 Å². The molecule has 1 aliphatic carbocycles. The first-order valence-corrected chi connectivity index (χ1v) is 4.98. The lowest BCUT2D eigenvalue weighted by atomic mass is 9.93. The van der Waals surface area contributed by atoms with Gasteiger partial charge in [0.25, 0.3) is 0 Å². The van der Waals surface area contributed by atoms with Gasteiger partial charge in [0.1, 0.15) is 0 Å². The summed E-state index contributed by atoms with van der Waals surface area (Å²) in [5.41, 5.74) is 1.51. The maximum atomic E-state index is 11.5. The molecule has 0 amide bonds. The summed E-state index contributed by atoms with van der Waals surface area (Å²) in [5, 5.41) is 8.08. The van der Waals surface area contributed by atoms with Gasteiger partial charge in [-0.3, -0.25) is 4.79 Å². The molecule has 0 bridgehead atoms. The number of rotatable bonds is 2. The van der Waals surface area contributed by atoms with Crippen molar-refractivity contribution in [2.24, 2.45) is 5.92 Å². The topological polar surface area (TPSA) is 47.8 Å². The van der Waals surface area contributed by atoms with Crippen LogP contribution in [0.15, 0.2) is 30.1 Å². The van der Waals surface area contributed by atoms with Crippen molar-refractivity contribution >= 4 is 11.5 Å². The van der Waals surface area contributed by atoms with Gasteiger partial charge in [0, 0.05) is 5.57 Å². The molecule has 2 rings (SSSR count). The van der Waals surface area contributed by atoms with Crippen molar-refractivity contribution < 1.29 is 4.79 Å². The predicted molar refractivity (Wildman–Crippen MR) is 56.8 cm³/mol. The number of hydrogen-bond acceptors (Lipinski definition) is 3. The van der Waals surface area contributed by atoms with Crippen LogP contribution in [0.4, 0.5) is 0 Å². The Hall–Kier alpha value is -1.71. The zero-order valence-corrected chi connectivity index (χ0v) is 8.84. The van der Waals surface area contributed by atoms with E-state index in [1.165, 1.54) is 4.80 Å². The lowest BCUT2D eigenvalue weighted by Crippen LogP contribution is -2.13. The van der Waals surface area contributed by atoms with Crippen LogP contribution in [0.1, 0.15) is 20.3 Å². The number of carbonyl (C=O) groups excluding carboxylic acids is 1. The molecule has 0 aliphatic heterocycles. The number of aromatic nitrogens is 3. The van der Waals surface area contributed by atoms with Gasteiger partial charge in [-0.15, -0.1) is 0 Å². The standard InChI is InChI=1S/C11H13N3O/c1-8-3-4-11(10(7-8)9(2)15)14-12-5-6-13-14/h4-8H,3H2,1-2H3. The summed E-state index contributed by atoms with van der Waals surface area (Å²) in [5.74, 6) is 0.466. The SMILES string of the molecule is CC(=O)C1=CC(C)CC=C1n1nccn1. The second-order valence-electron chi connectivity index (χ2n) is 3.76. The van der Waals surface area contributed by atoms with E-state index in [-0.39, 0.29) is 5.78 Å². The molecule has 78 valence electrons. The normalized spacial score (nSPS) is 20.8. The molecule has 0 saturated carbocycles. The fourth-order valence-corrected chi connectivity index (χ4v) is 1.67. The number of carbonyl (C=O) groups is 1. The summed E-state index contributed by atoms with van der Waals surface area (Å²) in [6.07, 6.45) is 8.14. The second-order valence-corrected chi connectivity index (χ2v) is 3.76. The minimum atomic E-state index is 0.0603. The van der Waals surface area contributed by atoms with Crippen LogP contribution in [0.2, 0.25) is 0 Å². The van der Waals surface area contributed by atoms with Crippen molar-refractivity contribution in [1.29, 1.82) is 0 Å². The van der Waals surface area contributed by atoms with E-state index in [0.29, 0.717) is 11.5 Å². The van der Waals surface area contributed by atoms with Crippen LogP contribution in [0, 0.1) is 5.92 Å². The average Bonchev–Trinajstić information content (AvgIpc) is 2.70. The Morgan fingerprint density at radius 1 is 1.47 bits per heavy atom. The molecule has 4 nitrogen and oxygen atoms in total. The van der Waals surface area contributed by atoms with Gasteiger partial charge < -0.3 is 0 Å². The van der Waals surface area contributed by atoms with Crippen LogP contribution in [-0.2, 0) is 4.79 Å². The van der Waals surface area contributed by atoms with Crippen molar-refractivity contribution in [3.8, 4) is 0 Å². The molecular weight excluding hydrogens is 190 g/mol. The first-order chi connectivity index (χ1) is 7.18. The van der Waals surface area contributed by atoms with Gasteiger partial charge in [0.15, 0.2) is 5.78 Å². The smallest absolute Gasteiger partial charge is 0.161 e. The number of hydrogen-bond donors (Lipinski definition) is 0. The summed E-state index contributed by atoms with van der Waals surface area (Å²) in [4.78, 5) is 13.0. The monoisotopic (exact) mass is 203 g/mol. The molecule has 1 aliphatic rings. The lowest BCUT2D eigenvalue weighted by molar-refractivity contribution is -0.113. The van der Waals surface area contributed by atoms with Gasteiger partial charge in [-0.1, -0.05) is 19.1 Å². The Balaban J connectivity index is 2.40. The van der Waals surface area contributed by atoms with Crippen LogP contribution in [0.3, 0.4) is 0 Å². The van der Waals surface area contributed by atoms with Gasteiger partial charge >= 0.3 is 0 Å². The third-order valence-corrected chi connectivity index (χ3v) is 2.42. The average molecular weight is 203 g/mol. The van der Waals surface area contributed by atoms with Gasteiger partial charge in [-0.05, 0) is 19.3 Å². The third-order valence-electron chi connectivity index (χ3n) is 2.42. The minimum absolute atomic E-state index is 0.0603. The largest absolute Gasteiger partial charge is 0.294 e. The Morgan fingerprint density at radius 2 is 2.13 bits per heavy atom. The van der Waals surface area contributed by atoms with Gasteiger partial charge in [0.2, 0.25) is 0 Å². The van der Waals surface area contributed by atoms with Crippen LogP contribution in [-0.4, -0.2) is 20.8 Å². The van der Waals surface area contributed by atoms with Crippen molar-refractivity contribution in [1.82, 2.24) is 15.0 Å². The molecule has 0 radical (unpaired) electrons. The van der Waals surface area contributed by atoms with E-state index in [1.807, 2.05) is 12.2 Å². The predicted octanol–water partition coefficient (Wildman–Crippen LogP) is 1.67. The molecule has 1 aromatic rings. The Morgan fingerprint density at radius 3 is 2.73 bits per heavy atom. The lowest BCUT2D eigenvalue weighted by Gasteiger charge is -2.16. The zero-order chi connectivity index (χ0) is 10.8. The molecule has 1 unspecified atom stereocenters. The first-order valence-electron chi connectivity index (χ1n) is 4.98. The molecule has 0 aromatic carbocycles. The van der Waals surface area contributed by atoms with Crippen molar-refractivity contribution in [2.75, 3.05) is 0 Å². The molecule has 0 saturated heterocycles. The van der Waals surface area contributed by atoms with Gasteiger partial charge in [-0.25, -0.2) is 0 Å². The molecule has 0 spiro atoms. The van der Waals surface area contributed by atoms with Gasteiger partial charge in [-0.2, -0.15) is 15.0 Å². The molecule has 15 heavy (non-hydrogen) atoms. The second kappa shape index (κ2) is 3.81. The van der Waals surface area contributed by atoms with E-state index in [0.717, 1.165) is 12.1 Å². The van der Waals surface area contributed by atoms with E-state index < -0.39 is 0 Å². The van der Waals surface area contributed by atoms with E-state index in [2.05, 4.69) is 17.1 Å². The number of allylic oxidation sites excluding steroid dienone is 4. The Bertz CT molecular complexity index is 429. The van der Waals surface area contributed by atoms with Crippen LogP contribution in [0.25, 0.3) is 5.70 Å². The van der Waals surface area contributed by atoms with Gasteiger partial charge in [0.05, 0.1) is 18.1 Å². The van der Waals surface area contributed by atoms with Crippen molar-refractivity contribution in [3.63, 3.8) is 0 Å². The summed E-state index contributed by atoms with van der Waals surface area (Å²) >= 11 is 0. The zero-order valence-electron chi connectivity index (χ0n) is 8.84. The van der Waals surface area contributed by atoms with Crippen LogP contribution >= 0.6 is 0 Å². The maximum Gasteiger partial charge on any atom is 0.161 e. The first kappa shape index (κ1) is 9.83. The molecule has 0 fully saturated rings. The van der Waals surface area contributed by atoms with Crippen molar-refractivity contribution in [2.45, 2.75) is 20.3 Å². The summed E-state index contributed by atoms with van der Waals surface area (Å²) in [7, 11) is 0. The molecule has 4 heteroatoms. The quantitative estimate of drug-likeness (QED) is 0.734. The van der Waals surface area contributed by atoms with E-state index in [9.17, 15) is 4.79 Å². The highest BCUT2D eigenvalue weighted by Gasteiger charge is 2.18. The molecular formula is C11H13N3O. The third kappa shape index (κ3) is 1.88. The number of ketones is 1. The van der Waals surface area contributed by atoms with E-state index in [1.54, 1.807) is 19.3 Å². The molecule has 0 N–H and O–H groups in total. The highest BCUT2D eigenvalue weighted by atomic mass is 16.1. The molecule has 1 atom stereocenters. The number of Topliss-reactive ketones (excluding diaryl/α,β-unsaturated/α-hetero) is 1. The fourth-order valence-electron chi connectivity index (χ4n) is 1.67. The maximum absolute atomic E-state index is 11.5. The summed E-state index contributed by atoms with van der Waals surface area (Å²) in [6, 6.07) is 0. The Kier molecular flexibility index (Phi) is 2.49. The highest BCUT2D eigenvalue weighted by Crippen LogP contribution is 2.25. The number of nitrogens with zero attached hydrogens (tertiary/aromatic N) is 3. The molecule has 1 aromatic heterocycles. The Labute approximate surface area is 88.3 Å². The highest BCUT2D eigenvalue weighted by molar-refractivity contribution is 6.05. The van der Waals surface area contributed by atoms with Crippen LogP contribution < -0.4 is 0 Å².